The number of rotatable bonds is 2. The lowest BCUT2D eigenvalue weighted by Gasteiger charge is -2.28. The van der Waals surface area contributed by atoms with E-state index in [1.807, 2.05) is 32.0 Å². The van der Waals surface area contributed by atoms with Gasteiger partial charge in [0.15, 0.2) is 0 Å². The maximum atomic E-state index is 12.5. The molecule has 114 valence electrons. The zero-order valence-corrected chi connectivity index (χ0v) is 12.4. The number of hydrogen-bond donors (Lipinski definition) is 2. The van der Waals surface area contributed by atoms with Crippen LogP contribution < -0.4 is 4.90 Å². The van der Waals surface area contributed by atoms with Gasteiger partial charge in [0.25, 0.3) is 0 Å². The number of nitrogens with zero attached hydrogens (tertiary/aromatic N) is 2. The van der Waals surface area contributed by atoms with Crippen molar-refractivity contribution in [1.82, 2.24) is 4.90 Å². The minimum atomic E-state index is -1.09. The van der Waals surface area contributed by atoms with Crippen LogP contribution in [-0.2, 0) is 4.79 Å². The first kappa shape index (κ1) is 15.3. The number of aliphatic hydroxyl groups excluding tert-OH is 1. The summed E-state index contributed by atoms with van der Waals surface area (Å²) in [5, 5.41) is 18.8. The van der Waals surface area contributed by atoms with Crippen LogP contribution in [0.1, 0.15) is 17.5 Å². The minimum Gasteiger partial charge on any atom is -0.480 e. The van der Waals surface area contributed by atoms with E-state index >= 15 is 0 Å². The van der Waals surface area contributed by atoms with Crippen LogP contribution in [0.15, 0.2) is 18.2 Å². The monoisotopic (exact) mass is 292 g/mol. The molecule has 2 N–H and O–H groups in total. The molecule has 1 aliphatic heterocycles. The minimum absolute atomic E-state index is 0.0466. The van der Waals surface area contributed by atoms with Gasteiger partial charge < -0.3 is 15.1 Å². The van der Waals surface area contributed by atoms with Crippen molar-refractivity contribution in [3.8, 4) is 0 Å². The van der Waals surface area contributed by atoms with Crippen LogP contribution in [0, 0.1) is 13.8 Å². The summed E-state index contributed by atoms with van der Waals surface area (Å²) in [6, 6.07) is 4.35. The molecule has 2 atom stereocenters. The van der Waals surface area contributed by atoms with Crippen LogP contribution in [0.4, 0.5) is 10.5 Å². The van der Waals surface area contributed by atoms with E-state index in [1.165, 1.54) is 9.80 Å². The molecule has 1 heterocycles. The van der Waals surface area contributed by atoms with Crippen LogP contribution >= 0.6 is 0 Å². The van der Waals surface area contributed by atoms with E-state index in [0.29, 0.717) is 5.69 Å². The highest BCUT2D eigenvalue weighted by atomic mass is 16.4. The molecule has 1 saturated heterocycles. The Balaban J connectivity index is 2.24. The van der Waals surface area contributed by atoms with Crippen LogP contribution in [0.2, 0.25) is 0 Å². The molecule has 0 aliphatic carbocycles. The Bertz CT molecular complexity index is 553. The van der Waals surface area contributed by atoms with E-state index in [1.54, 1.807) is 7.05 Å². The lowest BCUT2D eigenvalue weighted by atomic mass is 10.1. The highest BCUT2D eigenvalue weighted by molar-refractivity contribution is 5.94. The highest BCUT2D eigenvalue weighted by Gasteiger charge is 2.40. The number of carbonyl (C=O) groups excluding carboxylic acids is 1. The molecule has 6 nitrogen and oxygen atoms in total. The highest BCUT2D eigenvalue weighted by Crippen LogP contribution is 2.23. The molecule has 1 aromatic carbocycles. The number of carbonyl (C=O) groups is 2. The number of benzene rings is 1. The number of aliphatic carboxylic acids is 1. The normalized spacial score (nSPS) is 21.4. The standard InChI is InChI=1S/C15H20N2O4/c1-9-4-10(2)6-11(5-9)16(3)15(21)17-8-12(18)7-13(17)14(19)20/h4-6,12-13,18H,7-8H2,1-3H3,(H,19,20). The number of aryl methyl sites for hydroxylation is 2. The Morgan fingerprint density at radius 1 is 1.24 bits per heavy atom. The molecule has 0 spiro atoms. The van der Waals surface area contributed by atoms with Gasteiger partial charge in [0, 0.05) is 25.7 Å². The van der Waals surface area contributed by atoms with Crippen molar-refractivity contribution in [3.63, 3.8) is 0 Å². The average Bonchev–Trinajstić information content (AvgIpc) is 2.78. The SMILES string of the molecule is Cc1cc(C)cc(N(C)C(=O)N2CC(O)CC2C(=O)O)c1. The van der Waals surface area contributed by atoms with E-state index in [2.05, 4.69) is 0 Å². The lowest BCUT2D eigenvalue weighted by Crippen LogP contribution is -2.47. The molecule has 1 aliphatic rings. The molecule has 21 heavy (non-hydrogen) atoms. The van der Waals surface area contributed by atoms with E-state index in [4.69, 9.17) is 5.11 Å². The molecule has 0 radical (unpaired) electrons. The summed E-state index contributed by atoms with van der Waals surface area (Å²) in [5.74, 6) is -1.09. The van der Waals surface area contributed by atoms with Gasteiger partial charge in [-0.1, -0.05) is 6.07 Å². The topological polar surface area (TPSA) is 81.1 Å². The molecule has 0 bridgehead atoms. The number of carboxylic acids is 1. The lowest BCUT2D eigenvalue weighted by molar-refractivity contribution is -0.141. The van der Waals surface area contributed by atoms with Crippen molar-refractivity contribution in [2.45, 2.75) is 32.4 Å². The second kappa shape index (κ2) is 5.73. The van der Waals surface area contributed by atoms with Crippen LogP contribution in [-0.4, -0.2) is 52.9 Å². The quantitative estimate of drug-likeness (QED) is 0.863. The zero-order chi connectivity index (χ0) is 15.7. The summed E-state index contributed by atoms with van der Waals surface area (Å²) in [7, 11) is 1.61. The first-order valence-corrected chi connectivity index (χ1v) is 6.83. The van der Waals surface area contributed by atoms with E-state index in [-0.39, 0.29) is 13.0 Å². The Morgan fingerprint density at radius 3 is 2.33 bits per heavy atom. The van der Waals surface area contributed by atoms with Gasteiger partial charge in [-0.3, -0.25) is 4.90 Å². The van der Waals surface area contributed by atoms with Gasteiger partial charge in [0.05, 0.1) is 6.10 Å². The molecular weight excluding hydrogens is 272 g/mol. The molecule has 6 heteroatoms. The van der Waals surface area contributed by atoms with Crippen molar-refractivity contribution >= 4 is 17.7 Å². The van der Waals surface area contributed by atoms with Crippen LogP contribution in [0.25, 0.3) is 0 Å². The number of aliphatic hydroxyl groups is 1. The number of hydrogen-bond acceptors (Lipinski definition) is 3. The van der Waals surface area contributed by atoms with Gasteiger partial charge in [0.2, 0.25) is 0 Å². The third kappa shape index (κ3) is 3.16. The van der Waals surface area contributed by atoms with Crippen molar-refractivity contribution in [2.24, 2.45) is 0 Å². The largest absolute Gasteiger partial charge is 0.480 e. The summed E-state index contributed by atoms with van der Waals surface area (Å²) in [4.78, 5) is 26.3. The first-order chi connectivity index (χ1) is 9.79. The Labute approximate surface area is 123 Å². The van der Waals surface area contributed by atoms with Crippen LogP contribution in [0.5, 0.6) is 0 Å². The second-order valence-corrected chi connectivity index (χ2v) is 5.58. The molecular formula is C15H20N2O4. The summed E-state index contributed by atoms with van der Waals surface area (Å²) in [6.45, 7) is 3.92. The summed E-state index contributed by atoms with van der Waals surface area (Å²) in [5.41, 5.74) is 2.77. The first-order valence-electron chi connectivity index (χ1n) is 6.83. The number of amides is 2. The predicted molar refractivity (Wildman–Crippen MR) is 78.5 cm³/mol. The molecule has 2 rings (SSSR count). The van der Waals surface area contributed by atoms with Crippen molar-refractivity contribution in [1.29, 1.82) is 0 Å². The molecule has 1 aromatic rings. The van der Waals surface area contributed by atoms with Gasteiger partial charge in [-0.15, -0.1) is 0 Å². The maximum Gasteiger partial charge on any atom is 0.326 e. The fraction of sp³-hybridized carbons (Fsp3) is 0.467. The Hall–Kier alpha value is -2.08. The number of urea groups is 1. The molecule has 0 aromatic heterocycles. The van der Waals surface area contributed by atoms with Gasteiger partial charge in [-0.25, -0.2) is 9.59 Å². The Morgan fingerprint density at radius 2 is 1.81 bits per heavy atom. The predicted octanol–water partition coefficient (Wildman–Crippen LogP) is 1.38. The molecule has 1 fully saturated rings. The smallest absolute Gasteiger partial charge is 0.326 e. The fourth-order valence-electron chi connectivity index (χ4n) is 2.71. The number of anilines is 1. The summed E-state index contributed by atoms with van der Waals surface area (Å²) in [6.07, 6.45) is -0.718. The second-order valence-electron chi connectivity index (χ2n) is 5.58. The van der Waals surface area contributed by atoms with Crippen molar-refractivity contribution in [2.75, 3.05) is 18.5 Å². The molecule has 2 unspecified atom stereocenters. The molecule has 2 amide bonds. The van der Waals surface area contributed by atoms with Crippen molar-refractivity contribution in [3.05, 3.63) is 29.3 Å². The van der Waals surface area contributed by atoms with Crippen LogP contribution in [0.3, 0.4) is 0 Å². The number of β-amino-alcohol motifs (C(OH)–C–C–N with tert-alkyl or cyclic N) is 1. The van der Waals surface area contributed by atoms with E-state index in [0.717, 1.165) is 11.1 Å². The third-order valence-electron chi connectivity index (χ3n) is 3.69. The Kier molecular flexibility index (Phi) is 4.18. The maximum absolute atomic E-state index is 12.5. The summed E-state index contributed by atoms with van der Waals surface area (Å²) < 4.78 is 0. The zero-order valence-electron chi connectivity index (χ0n) is 12.4. The fourth-order valence-corrected chi connectivity index (χ4v) is 2.71. The van der Waals surface area contributed by atoms with Gasteiger partial charge in [0.1, 0.15) is 6.04 Å². The third-order valence-corrected chi connectivity index (χ3v) is 3.69. The summed E-state index contributed by atoms with van der Waals surface area (Å²) >= 11 is 0. The van der Waals surface area contributed by atoms with E-state index in [9.17, 15) is 14.7 Å². The van der Waals surface area contributed by atoms with Crippen molar-refractivity contribution < 1.29 is 19.8 Å². The van der Waals surface area contributed by atoms with Gasteiger partial charge in [-0.2, -0.15) is 0 Å². The van der Waals surface area contributed by atoms with E-state index < -0.39 is 24.1 Å². The average molecular weight is 292 g/mol. The van der Waals surface area contributed by atoms with Gasteiger partial charge >= 0.3 is 12.0 Å². The number of carboxylic acid groups (broad SMARTS) is 1. The number of likely N-dealkylation sites (tertiary alicyclic amines) is 1. The van der Waals surface area contributed by atoms with Gasteiger partial charge in [-0.05, 0) is 37.1 Å². The molecule has 0 saturated carbocycles.